The highest BCUT2D eigenvalue weighted by Gasteiger charge is 2.50. The Morgan fingerprint density at radius 1 is 1.30 bits per heavy atom. The lowest BCUT2D eigenvalue weighted by molar-refractivity contribution is -0.267. The Hall–Kier alpha value is -1.64. The molecule has 2 aliphatic rings. The van der Waals surface area contributed by atoms with Gasteiger partial charge in [0, 0.05) is 31.7 Å². The van der Waals surface area contributed by atoms with E-state index in [4.69, 9.17) is 23.7 Å². The molecule has 0 aromatic rings. The number of aldehydes is 1. The molecule has 0 bridgehead atoms. The van der Waals surface area contributed by atoms with Crippen molar-refractivity contribution in [2.75, 3.05) is 20.7 Å². The number of hydrogen-bond donors (Lipinski definition) is 0. The number of carbonyl (C=O) groups excluding carboxylic acids is 2. The van der Waals surface area contributed by atoms with Gasteiger partial charge < -0.3 is 33.4 Å². The lowest BCUT2D eigenvalue weighted by Gasteiger charge is -2.47. The third-order valence-electron chi connectivity index (χ3n) is 7.01. The Bertz CT molecular complexity index is 874. The maximum atomic E-state index is 12.7. The molecule has 0 saturated carbocycles. The zero-order chi connectivity index (χ0) is 28.1. The van der Waals surface area contributed by atoms with Crippen LogP contribution in [-0.4, -0.2) is 79.4 Å². The Labute approximate surface area is 223 Å². The molecule has 0 aromatic heterocycles. The van der Waals surface area contributed by atoms with Crippen molar-refractivity contribution in [3.8, 4) is 0 Å². The van der Waals surface area contributed by atoms with E-state index in [-0.39, 0.29) is 33.1 Å². The molecule has 0 N–H and O–H groups in total. The standard InChI is InChI=1S/C27H44NO8P/c1-11-12-32-27(8,14-16(2)15-29)23(18(4)21-19(5)24(30)36-26(6,7)35-21)34-25-22(37-31)20(28(9)10)13-17(3)33-25/h11,15-18,20,22-23,25H,1,12-14H2,2-10H3/t16-,17-,18+,20?,22-,23-,25+,27-/m1/s1. The van der Waals surface area contributed by atoms with Crippen LogP contribution < -0.4 is 0 Å². The summed E-state index contributed by atoms with van der Waals surface area (Å²) in [6, 6.07) is -0.0427. The number of ether oxygens (including phenoxy) is 5. The lowest BCUT2D eigenvalue weighted by atomic mass is 9.80. The number of rotatable bonds is 13. The summed E-state index contributed by atoms with van der Waals surface area (Å²) in [6.45, 7) is 16.5. The first-order valence-corrected chi connectivity index (χ1v) is 13.7. The molecular weight excluding hydrogens is 497 g/mol. The van der Waals surface area contributed by atoms with Gasteiger partial charge >= 0.3 is 5.97 Å². The quantitative estimate of drug-likeness (QED) is 0.144. The minimum atomic E-state index is -1.17. The van der Waals surface area contributed by atoms with E-state index in [9.17, 15) is 14.2 Å². The van der Waals surface area contributed by atoms with Crippen LogP contribution in [0.15, 0.2) is 24.0 Å². The fourth-order valence-electron chi connectivity index (χ4n) is 5.24. The zero-order valence-electron chi connectivity index (χ0n) is 23.7. The first-order valence-electron chi connectivity index (χ1n) is 12.8. The van der Waals surface area contributed by atoms with Gasteiger partial charge in [0.1, 0.15) is 17.7 Å². The summed E-state index contributed by atoms with van der Waals surface area (Å²) in [5, 5.41) is 0. The van der Waals surface area contributed by atoms with Crippen LogP contribution in [0.4, 0.5) is 0 Å². The fourth-order valence-corrected chi connectivity index (χ4v) is 6.01. The molecule has 1 fully saturated rings. The number of hydrogen-bond acceptors (Lipinski definition) is 9. The van der Waals surface area contributed by atoms with E-state index in [2.05, 4.69) is 6.58 Å². The average Bonchev–Trinajstić information content (AvgIpc) is 2.82. The third-order valence-corrected chi connectivity index (χ3v) is 7.84. The average molecular weight is 542 g/mol. The first-order chi connectivity index (χ1) is 17.2. The van der Waals surface area contributed by atoms with Gasteiger partial charge in [-0.1, -0.05) is 19.9 Å². The highest BCUT2D eigenvalue weighted by atomic mass is 31.1. The molecule has 2 heterocycles. The van der Waals surface area contributed by atoms with Crippen molar-refractivity contribution in [1.82, 2.24) is 4.90 Å². The number of nitrogens with zero attached hydrogens (tertiary/aromatic N) is 1. The SMILES string of the molecule is C=CCO[C@](C)(C[C@@H](C)C=O)[C@H](O[C@@H]1O[C@H](C)CC(N(C)C)[C@H]1P=O)[C@@H](C)C1=C(C)C(=O)OC(C)(C)O1. The van der Waals surface area contributed by atoms with Gasteiger partial charge in [0.05, 0.1) is 30.0 Å². The summed E-state index contributed by atoms with van der Waals surface area (Å²) in [5.41, 5.74) is -1.15. The maximum absolute atomic E-state index is 12.7. The van der Waals surface area contributed by atoms with Crippen molar-refractivity contribution in [3.05, 3.63) is 24.0 Å². The number of carbonyl (C=O) groups is 2. The molecule has 0 spiro atoms. The van der Waals surface area contributed by atoms with Gasteiger partial charge in [0.2, 0.25) is 5.79 Å². The van der Waals surface area contributed by atoms with Crippen LogP contribution >= 0.6 is 8.46 Å². The fraction of sp³-hybridized carbons (Fsp3) is 0.778. The van der Waals surface area contributed by atoms with E-state index in [0.717, 1.165) is 6.29 Å². The smallest absolute Gasteiger partial charge is 0.340 e. The van der Waals surface area contributed by atoms with E-state index in [1.807, 2.05) is 46.7 Å². The number of esters is 1. The van der Waals surface area contributed by atoms with E-state index in [1.54, 1.807) is 26.8 Å². The molecule has 0 radical (unpaired) electrons. The summed E-state index contributed by atoms with van der Waals surface area (Å²) in [7, 11) is 3.78. The largest absolute Gasteiger partial charge is 0.456 e. The summed E-state index contributed by atoms with van der Waals surface area (Å²) >= 11 is 0. The summed E-state index contributed by atoms with van der Waals surface area (Å²) in [5.74, 6) is -2.07. The van der Waals surface area contributed by atoms with Gasteiger partial charge in [-0.15, -0.1) is 6.58 Å². The predicted octanol–water partition coefficient (Wildman–Crippen LogP) is 4.50. The van der Waals surface area contributed by atoms with E-state index < -0.39 is 41.3 Å². The van der Waals surface area contributed by atoms with Crippen LogP contribution in [0.5, 0.6) is 0 Å². The molecule has 2 aliphatic heterocycles. The first kappa shape index (κ1) is 31.6. The highest BCUT2D eigenvalue weighted by molar-refractivity contribution is 7.24. The summed E-state index contributed by atoms with van der Waals surface area (Å²) in [6.07, 6.45) is 1.83. The molecule has 0 aliphatic carbocycles. The molecule has 9 nitrogen and oxygen atoms in total. The molecular formula is C27H44NO8P. The van der Waals surface area contributed by atoms with Gasteiger partial charge in [-0.05, 0) is 47.7 Å². The minimum absolute atomic E-state index is 0.0427. The van der Waals surface area contributed by atoms with Gasteiger partial charge in [-0.25, -0.2) is 4.79 Å². The lowest BCUT2D eigenvalue weighted by Crippen LogP contribution is -2.57. The van der Waals surface area contributed by atoms with Crippen LogP contribution in [0.2, 0.25) is 0 Å². The van der Waals surface area contributed by atoms with E-state index in [1.165, 1.54) is 0 Å². The van der Waals surface area contributed by atoms with Crippen molar-refractivity contribution < 1.29 is 37.8 Å². The molecule has 210 valence electrons. The number of cyclic esters (lactones) is 1. The van der Waals surface area contributed by atoms with Crippen LogP contribution in [0, 0.1) is 11.8 Å². The second-order valence-corrected chi connectivity index (χ2v) is 11.9. The molecule has 10 heteroatoms. The molecule has 1 saturated heterocycles. The van der Waals surface area contributed by atoms with E-state index in [0.29, 0.717) is 24.2 Å². The summed E-state index contributed by atoms with van der Waals surface area (Å²) < 4.78 is 43.2. The molecule has 0 aromatic carbocycles. The normalized spacial score (nSPS) is 30.2. The van der Waals surface area contributed by atoms with Crippen molar-refractivity contribution in [1.29, 1.82) is 0 Å². The van der Waals surface area contributed by atoms with E-state index >= 15 is 0 Å². The minimum Gasteiger partial charge on any atom is -0.456 e. The maximum Gasteiger partial charge on any atom is 0.340 e. The monoisotopic (exact) mass is 541 g/mol. The topological polar surface area (TPSA) is 101 Å². The Kier molecular flexibility index (Phi) is 11.0. The van der Waals surface area contributed by atoms with Gasteiger partial charge in [-0.2, -0.15) is 0 Å². The Morgan fingerprint density at radius 2 is 1.95 bits per heavy atom. The van der Waals surface area contributed by atoms with Crippen molar-refractivity contribution in [3.63, 3.8) is 0 Å². The molecule has 0 amide bonds. The van der Waals surface area contributed by atoms with Crippen molar-refractivity contribution in [2.24, 2.45) is 11.8 Å². The third kappa shape index (κ3) is 7.70. The molecule has 2 rings (SSSR count). The summed E-state index contributed by atoms with van der Waals surface area (Å²) in [4.78, 5) is 26.4. The Balaban J connectivity index is 2.61. The molecule has 8 atom stereocenters. The highest BCUT2D eigenvalue weighted by Crippen LogP contribution is 2.42. The molecule has 37 heavy (non-hydrogen) atoms. The van der Waals surface area contributed by atoms with Crippen LogP contribution in [0.3, 0.4) is 0 Å². The second-order valence-electron chi connectivity index (χ2n) is 11.1. The van der Waals surface area contributed by atoms with Gasteiger partial charge in [-0.3, -0.25) is 4.57 Å². The van der Waals surface area contributed by atoms with Crippen molar-refractivity contribution >= 4 is 20.7 Å². The zero-order valence-corrected chi connectivity index (χ0v) is 24.6. The Morgan fingerprint density at radius 3 is 2.49 bits per heavy atom. The second kappa shape index (κ2) is 12.9. The van der Waals surface area contributed by atoms with Gasteiger partial charge in [0.25, 0.3) is 0 Å². The predicted molar refractivity (Wildman–Crippen MR) is 140 cm³/mol. The van der Waals surface area contributed by atoms with Crippen molar-refractivity contribution in [2.45, 2.75) is 103 Å². The van der Waals surface area contributed by atoms with Gasteiger partial charge in [0.15, 0.2) is 14.8 Å². The van der Waals surface area contributed by atoms with Crippen LogP contribution in [0.25, 0.3) is 0 Å². The molecule has 1 unspecified atom stereocenters. The van der Waals surface area contributed by atoms with Crippen LogP contribution in [-0.2, 0) is 37.8 Å². The van der Waals surface area contributed by atoms with Crippen LogP contribution in [0.1, 0.15) is 61.3 Å².